The third-order valence-corrected chi connectivity index (χ3v) is 7.40. The first-order chi connectivity index (χ1) is 19.0. The Labute approximate surface area is 230 Å². The maximum absolute atomic E-state index is 12.5. The van der Waals surface area contributed by atoms with Crippen molar-refractivity contribution in [3.05, 3.63) is 65.2 Å². The van der Waals surface area contributed by atoms with Crippen LogP contribution < -0.4 is 10.8 Å². The fourth-order valence-corrected chi connectivity index (χ4v) is 5.25. The molecule has 9 heteroatoms. The highest BCUT2D eigenvalue weighted by molar-refractivity contribution is 5.90. The molecule has 2 amide bonds. The van der Waals surface area contributed by atoms with Crippen molar-refractivity contribution in [2.75, 3.05) is 25.0 Å². The number of carbonyl (C=O) groups is 2. The number of aliphatic hydroxyl groups is 1. The molecular weight excluding hydrogens is 498 g/mol. The van der Waals surface area contributed by atoms with Gasteiger partial charge in [-0.1, -0.05) is 49.2 Å². The standard InChI is InChI=1S/C30H41N3O6/c34-21-22-12-14-23(15-13-22)27-19-26(20-33-16-5-2-6-17-33)38-30(39-27)24-8-7-9-25(18-24)31-28(35)10-3-1-4-11-29(36)32-37/h7-9,12-15,18,26-27,30,34,37H,1-6,10-11,16-17,19-21H2,(H,31,35)(H,32,36). The maximum atomic E-state index is 12.5. The van der Waals surface area contributed by atoms with E-state index in [1.807, 2.05) is 48.5 Å². The summed E-state index contributed by atoms with van der Waals surface area (Å²) in [4.78, 5) is 26.1. The van der Waals surface area contributed by atoms with E-state index in [0.717, 1.165) is 49.2 Å². The van der Waals surface area contributed by atoms with Crippen LogP contribution in [0.4, 0.5) is 5.69 Å². The number of aliphatic hydroxyl groups excluding tert-OH is 1. The van der Waals surface area contributed by atoms with E-state index in [4.69, 9.17) is 14.7 Å². The van der Waals surface area contributed by atoms with E-state index >= 15 is 0 Å². The molecule has 3 unspecified atom stereocenters. The number of carbonyl (C=O) groups excluding carboxylic acids is 2. The minimum atomic E-state index is -0.564. The molecule has 4 N–H and O–H groups in total. The third-order valence-electron chi connectivity index (χ3n) is 7.40. The van der Waals surface area contributed by atoms with E-state index in [-0.39, 0.29) is 31.1 Å². The van der Waals surface area contributed by atoms with Gasteiger partial charge in [0.2, 0.25) is 11.8 Å². The Kier molecular flexibility index (Phi) is 11.3. The summed E-state index contributed by atoms with van der Waals surface area (Å²) in [5.74, 6) is -0.500. The van der Waals surface area contributed by atoms with E-state index in [0.29, 0.717) is 24.9 Å². The largest absolute Gasteiger partial charge is 0.392 e. The second-order valence-corrected chi connectivity index (χ2v) is 10.5. The number of likely N-dealkylation sites (tertiary alicyclic amines) is 1. The van der Waals surface area contributed by atoms with Crippen molar-refractivity contribution in [1.82, 2.24) is 10.4 Å². The van der Waals surface area contributed by atoms with Crippen molar-refractivity contribution in [3.63, 3.8) is 0 Å². The fourth-order valence-electron chi connectivity index (χ4n) is 5.25. The number of anilines is 1. The molecule has 2 fully saturated rings. The second kappa shape index (κ2) is 15.1. The van der Waals surface area contributed by atoms with E-state index < -0.39 is 12.2 Å². The van der Waals surface area contributed by atoms with Gasteiger partial charge in [-0.3, -0.25) is 14.8 Å². The molecule has 2 aliphatic rings. The third kappa shape index (κ3) is 9.12. The lowest BCUT2D eigenvalue weighted by Crippen LogP contribution is -2.41. The second-order valence-electron chi connectivity index (χ2n) is 10.5. The van der Waals surface area contributed by atoms with Gasteiger partial charge in [0.15, 0.2) is 6.29 Å². The summed E-state index contributed by atoms with van der Waals surface area (Å²) in [5.41, 5.74) is 5.08. The molecule has 3 atom stereocenters. The number of hydrogen-bond acceptors (Lipinski definition) is 7. The first kappa shape index (κ1) is 29.2. The van der Waals surface area contributed by atoms with Crippen LogP contribution in [-0.2, 0) is 25.7 Å². The number of hydrogen-bond donors (Lipinski definition) is 4. The Hall–Kier alpha value is -2.82. The molecule has 39 heavy (non-hydrogen) atoms. The van der Waals surface area contributed by atoms with Gasteiger partial charge < -0.3 is 24.8 Å². The van der Waals surface area contributed by atoms with Crippen molar-refractivity contribution >= 4 is 17.5 Å². The Morgan fingerprint density at radius 3 is 2.36 bits per heavy atom. The van der Waals surface area contributed by atoms with Crippen LogP contribution in [0, 0.1) is 0 Å². The molecule has 2 aromatic rings. The Morgan fingerprint density at radius 1 is 0.897 bits per heavy atom. The maximum Gasteiger partial charge on any atom is 0.243 e. The summed E-state index contributed by atoms with van der Waals surface area (Å²) in [7, 11) is 0. The highest BCUT2D eigenvalue weighted by atomic mass is 16.7. The van der Waals surface area contributed by atoms with Crippen LogP contribution in [0.3, 0.4) is 0 Å². The molecule has 0 aliphatic carbocycles. The molecule has 2 saturated heterocycles. The van der Waals surface area contributed by atoms with Crippen LogP contribution in [0.15, 0.2) is 48.5 Å². The molecule has 0 radical (unpaired) electrons. The zero-order chi connectivity index (χ0) is 27.5. The van der Waals surface area contributed by atoms with Crippen molar-refractivity contribution in [2.45, 2.75) is 82.9 Å². The number of unbranched alkanes of at least 4 members (excludes halogenated alkanes) is 2. The molecule has 0 bridgehead atoms. The summed E-state index contributed by atoms with van der Waals surface area (Å²) in [5, 5.41) is 20.9. The Balaban J connectivity index is 1.39. The van der Waals surface area contributed by atoms with Crippen LogP contribution in [0.1, 0.15) is 86.9 Å². The average Bonchev–Trinajstić information content (AvgIpc) is 2.97. The average molecular weight is 540 g/mol. The molecular formula is C30H41N3O6. The van der Waals surface area contributed by atoms with Crippen LogP contribution in [0.25, 0.3) is 0 Å². The number of amides is 2. The minimum Gasteiger partial charge on any atom is -0.392 e. The minimum absolute atomic E-state index is 0.00844. The fraction of sp³-hybridized carbons (Fsp3) is 0.533. The van der Waals surface area contributed by atoms with Crippen LogP contribution in [-0.4, -0.2) is 52.8 Å². The molecule has 9 nitrogen and oxygen atoms in total. The zero-order valence-corrected chi connectivity index (χ0v) is 22.5. The van der Waals surface area contributed by atoms with Gasteiger partial charge in [-0.05, 0) is 62.0 Å². The smallest absolute Gasteiger partial charge is 0.243 e. The molecule has 2 aliphatic heterocycles. The van der Waals surface area contributed by atoms with Gasteiger partial charge in [-0.25, -0.2) is 5.48 Å². The van der Waals surface area contributed by atoms with Gasteiger partial charge in [-0.2, -0.15) is 0 Å². The van der Waals surface area contributed by atoms with Crippen LogP contribution >= 0.6 is 0 Å². The lowest BCUT2D eigenvalue weighted by atomic mass is 9.99. The normalized spacial score (nSPS) is 21.8. The van der Waals surface area contributed by atoms with Gasteiger partial charge >= 0.3 is 0 Å². The number of ether oxygens (including phenoxy) is 2. The Morgan fingerprint density at radius 2 is 1.64 bits per heavy atom. The number of nitrogens with zero attached hydrogens (tertiary/aromatic N) is 1. The van der Waals surface area contributed by atoms with Crippen LogP contribution in [0.2, 0.25) is 0 Å². The highest BCUT2D eigenvalue weighted by Crippen LogP contribution is 2.38. The van der Waals surface area contributed by atoms with Crippen molar-refractivity contribution in [1.29, 1.82) is 0 Å². The predicted octanol–water partition coefficient (Wildman–Crippen LogP) is 4.60. The summed E-state index contributed by atoms with van der Waals surface area (Å²) in [6.45, 7) is 3.06. The quantitative estimate of drug-likeness (QED) is 0.177. The molecule has 4 rings (SSSR count). The molecule has 0 saturated carbocycles. The highest BCUT2D eigenvalue weighted by Gasteiger charge is 2.33. The van der Waals surface area contributed by atoms with Crippen molar-refractivity contribution in [3.8, 4) is 0 Å². The van der Waals surface area contributed by atoms with Gasteiger partial charge in [0.05, 0.1) is 18.8 Å². The summed E-state index contributed by atoms with van der Waals surface area (Å²) >= 11 is 0. The first-order valence-corrected chi connectivity index (χ1v) is 14.1. The van der Waals surface area contributed by atoms with Crippen molar-refractivity contribution in [2.24, 2.45) is 0 Å². The number of benzene rings is 2. The number of nitrogens with one attached hydrogen (secondary N) is 2. The Bertz CT molecular complexity index is 1060. The topological polar surface area (TPSA) is 120 Å². The zero-order valence-electron chi connectivity index (χ0n) is 22.5. The van der Waals surface area contributed by atoms with E-state index in [9.17, 15) is 14.7 Å². The van der Waals surface area contributed by atoms with Gasteiger partial charge in [0.25, 0.3) is 0 Å². The van der Waals surface area contributed by atoms with Gasteiger partial charge in [-0.15, -0.1) is 0 Å². The van der Waals surface area contributed by atoms with Crippen molar-refractivity contribution < 1.29 is 29.4 Å². The summed E-state index contributed by atoms with van der Waals surface area (Å²) in [6.07, 6.45) is 6.38. The molecule has 0 aromatic heterocycles. The van der Waals surface area contributed by atoms with E-state index in [1.54, 1.807) is 5.48 Å². The predicted molar refractivity (Wildman–Crippen MR) is 147 cm³/mol. The molecule has 2 heterocycles. The van der Waals surface area contributed by atoms with Gasteiger partial charge in [0.1, 0.15) is 0 Å². The van der Waals surface area contributed by atoms with E-state index in [2.05, 4.69) is 10.2 Å². The van der Waals surface area contributed by atoms with Crippen LogP contribution in [0.5, 0.6) is 0 Å². The van der Waals surface area contributed by atoms with E-state index in [1.165, 1.54) is 19.3 Å². The summed E-state index contributed by atoms with van der Waals surface area (Å²) < 4.78 is 13.0. The summed E-state index contributed by atoms with van der Waals surface area (Å²) in [6, 6.07) is 15.5. The lowest BCUT2D eigenvalue weighted by Gasteiger charge is -2.39. The number of hydroxylamine groups is 1. The number of piperidine rings is 1. The first-order valence-electron chi connectivity index (χ1n) is 14.1. The lowest BCUT2D eigenvalue weighted by molar-refractivity contribution is -0.253. The monoisotopic (exact) mass is 539 g/mol. The molecule has 2 aromatic carbocycles. The molecule has 0 spiro atoms. The molecule has 212 valence electrons. The SMILES string of the molecule is O=C(CCCCCC(=O)Nc1cccc(C2OC(CN3CCCCC3)CC(c3ccc(CO)cc3)O2)c1)NO. The number of rotatable bonds is 12. The van der Waals surface area contributed by atoms with Gasteiger partial charge in [0, 0.05) is 37.1 Å².